The summed E-state index contributed by atoms with van der Waals surface area (Å²) in [7, 11) is 0. The molecule has 0 radical (unpaired) electrons. The topological polar surface area (TPSA) is 183 Å². The molecule has 1 saturated heterocycles. The zero-order valence-electron chi connectivity index (χ0n) is 32.9. The van der Waals surface area contributed by atoms with Crippen molar-refractivity contribution in [1.82, 2.24) is 0 Å². The average Bonchev–Trinajstić information content (AvgIpc) is 3.10. The molecule has 1 aromatic rings. The van der Waals surface area contributed by atoms with Crippen LogP contribution in [0.2, 0.25) is 0 Å². The van der Waals surface area contributed by atoms with E-state index in [1.54, 1.807) is 12.1 Å². The third kappa shape index (κ3) is 5.69. The first kappa shape index (κ1) is 39.8. The second-order valence-electron chi connectivity index (χ2n) is 19.8. The van der Waals surface area contributed by atoms with Gasteiger partial charge in [-0.15, -0.1) is 0 Å². The van der Waals surface area contributed by atoms with Gasteiger partial charge in [-0.25, -0.2) is 9.59 Å². The highest BCUT2D eigenvalue weighted by molar-refractivity contribution is 5.89. The smallest absolute Gasteiger partial charge is 0.338 e. The van der Waals surface area contributed by atoms with Crippen molar-refractivity contribution in [2.24, 2.45) is 50.2 Å². The van der Waals surface area contributed by atoms with E-state index in [2.05, 4.69) is 54.5 Å². The molecule has 0 spiro atoms. The van der Waals surface area contributed by atoms with E-state index in [1.807, 2.05) is 18.2 Å². The largest absolute Gasteiger partial charge is 0.479 e. The Balaban J connectivity index is 1.16. The lowest BCUT2D eigenvalue weighted by molar-refractivity contribution is -0.324. The van der Waals surface area contributed by atoms with Crippen molar-refractivity contribution < 1.29 is 54.4 Å². The molecule has 6 N–H and O–H groups in total. The van der Waals surface area contributed by atoms with Crippen LogP contribution in [0.4, 0.5) is 0 Å². The van der Waals surface area contributed by atoms with Gasteiger partial charge in [-0.05, 0) is 103 Å². The highest BCUT2D eigenvalue weighted by Crippen LogP contribution is 2.76. The maximum atomic E-state index is 13.3. The molecule has 0 aromatic heterocycles. The van der Waals surface area contributed by atoms with Crippen molar-refractivity contribution in [2.45, 2.75) is 149 Å². The molecule has 5 aliphatic carbocycles. The molecule has 300 valence electrons. The van der Waals surface area contributed by atoms with Gasteiger partial charge in [0.15, 0.2) is 12.4 Å². The quantitative estimate of drug-likeness (QED) is 0.133. The fourth-order valence-electron chi connectivity index (χ4n) is 13.2. The molecule has 5 fully saturated rings. The Hall–Kier alpha value is -2.38. The van der Waals surface area contributed by atoms with E-state index in [4.69, 9.17) is 14.2 Å². The molecule has 11 nitrogen and oxygen atoms in total. The molecule has 1 aliphatic heterocycles. The Morgan fingerprint density at radius 1 is 0.833 bits per heavy atom. The van der Waals surface area contributed by atoms with Crippen molar-refractivity contribution in [3.05, 3.63) is 47.5 Å². The summed E-state index contributed by atoms with van der Waals surface area (Å²) >= 11 is 0. The summed E-state index contributed by atoms with van der Waals surface area (Å²) in [5.74, 6) is -1.40. The third-order valence-corrected chi connectivity index (χ3v) is 16.6. The fourth-order valence-corrected chi connectivity index (χ4v) is 13.2. The molecule has 0 amide bonds. The SMILES string of the molecule is CC1(C)CC2C3=CC[C@@H]4[C@@]5(C)CC[C@H](O[C@@H]6O[C@H](C(=O)O)[C@@H](O)[C@H](O)[C@H]6O)C(C)(C)[C@@H]5CC[C@@]4(C)[C@]3(C)C[C@H](O)[C@@]2(CO)C[C@@H]1OC(=O)c1ccccc1. The summed E-state index contributed by atoms with van der Waals surface area (Å²) in [6, 6.07) is 8.97. The highest BCUT2D eigenvalue weighted by atomic mass is 16.7. The molecule has 54 heavy (non-hydrogen) atoms. The normalized spacial score (nSPS) is 47.9. The van der Waals surface area contributed by atoms with Gasteiger partial charge in [-0.1, -0.05) is 78.3 Å². The number of rotatable bonds is 6. The number of ether oxygens (including phenoxy) is 3. The minimum absolute atomic E-state index is 0.0766. The van der Waals surface area contributed by atoms with E-state index in [0.29, 0.717) is 31.2 Å². The van der Waals surface area contributed by atoms with Crippen molar-refractivity contribution in [3.63, 3.8) is 0 Å². The van der Waals surface area contributed by atoms with Crippen molar-refractivity contribution in [2.75, 3.05) is 6.61 Å². The Kier molecular flexibility index (Phi) is 9.85. The standard InChI is InChI=1S/C43H62O11/c1-38(2)19-25-24-13-14-27-40(5)17-16-29(53-37-33(48)31(46)32(47)34(54-37)35(49)50)39(3,4)26(40)15-18-41(27,6)42(24,7)20-28(45)43(25,22-44)21-30(38)52-36(51)23-11-9-8-10-12-23/h8-13,25-34,37,44-48H,14-22H2,1-7H3,(H,49,50)/t25?,26-,27+,28-,29-,30-,31-,32-,33+,34-,37+,40-,41+,42+,43+/m0/s1. The van der Waals surface area contributed by atoms with Gasteiger partial charge in [0.05, 0.1) is 24.4 Å². The van der Waals surface area contributed by atoms with E-state index in [9.17, 15) is 40.2 Å². The van der Waals surface area contributed by atoms with E-state index in [0.717, 1.165) is 25.7 Å². The van der Waals surface area contributed by atoms with Crippen LogP contribution >= 0.6 is 0 Å². The first-order chi connectivity index (χ1) is 25.2. The zero-order valence-corrected chi connectivity index (χ0v) is 32.9. The number of benzene rings is 1. The van der Waals surface area contributed by atoms with Crippen LogP contribution in [0, 0.1) is 50.2 Å². The number of aliphatic hydroxyl groups is 5. The van der Waals surface area contributed by atoms with Crippen LogP contribution in [0.3, 0.4) is 0 Å². The second-order valence-corrected chi connectivity index (χ2v) is 19.8. The number of hydrogen-bond donors (Lipinski definition) is 6. The summed E-state index contributed by atoms with van der Waals surface area (Å²) in [6.07, 6.45) is -1.72. The predicted octanol–water partition coefficient (Wildman–Crippen LogP) is 4.86. The summed E-state index contributed by atoms with van der Waals surface area (Å²) in [5.41, 5.74) is -0.423. The minimum atomic E-state index is -1.78. The zero-order chi connectivity index (χ0) is 39.4. The van der Waals surface area contributed by atoms with Gasteiger partial charge in [0, 0.05) is 10.8 Å². The molecule has 15 atom stereocenters. The maximum absolute atomic E-state index is 13.3. The lowest BCUT2D eigenvalue weighted by Gasteiger charge is -2.72. The van der Waals surface area contributed by atoms with Crippen LogP contribution in [0.5, 0.6) is 0 Å². The van der Waals surface area contributed by atoms with Crippen molar-refractivity contribution in [3.8, 4) is 0 Å². The number of aliphatic hydroxyl groups excluding tert-OH is 5. The van der Waals surface area contributed by atoms with Crippen molar-refractivity contribution >= 4 is 11.9 Å². The average molecular weight is 755 g/mol. The molecule has 0 bridgehead atoms. The van der Waals surface area contributed by atoms with Crippen LogP contribution in [0.15, 0.2) is 42.0 Å². The van der Waals surface area contributed by atoms with Crippen LogP contribution in [0.25, 0.3) is 0 Å². The molecule has 4 saturated carbocycles. The number of carbonyl (C=O) groups is 2. The summed E-state index contributed by atoms with van der Waals surface area (Å²) in [6.45, 7) is 15.6. The third-order valence-electron chi connectivity index (χ3n) is 16.6. The van der Waals surface area contributed by atoms with E-state index >= 15 is 0 Å². The maximum Gasteiger partial charge on any atom is 0.338 e. The van der Waals surface area contributed by atoms with Crippen LogP contribution in [0.1, 0.15) is 110 Å². The van der Waals surface area contributed by atoms with Crippen LogP contribution in [-0.4, -0.2) is 98.2 Å². The number of aliphatic carboxylic acids is 1. The Bertz CT molecular complexity index is 1640. The lowest BCUT2D eigenvalue weighted by Crippen LogP contribution is -2.68. The van der Waals surface area contributed by atoms with Gasteiger partial charge in [0.1, 0.15) is 24.4 Å². The monoisotopic (exact) mass is 754 g/mol. The number of fused-ring (bicyclic) bond motifs is 7. The Morgan fingerprint density at radius 3 is 2.17 bits per heavy atom. The molecule has 7 rings (SSSR count). The van der Waals surface area contributed by atoms with Gasteiger partial charge in [0.25, 0.3) is 0 Å². The van der Waals surface area contributed by atoms with Crippen molar-refractivity contribution in [1.29, 1.82) is 0 Å². The summed E-state index contributed by atoms with van der Waals surface area (Å²) < 4.78 is 18.1. The van der Waals surface area contributed by atoms with E-state index < -0.39 is 71.2 Å². The molecule has 1 unspecified atom stereocenters. The molecule has 11 heteroatoms. The number of esters is 1. The van der Waals surface area contributed by atoms with Gasteiger partial charge < -0.3 is 44.8 Å². The molecule has 1 aromatic carbocycles. The fraction of sp³-hybridized carbons (Fsp3) is 0.767. The minimum Gasteiger partial charge on any atom is -0.479 e. The molecular weight excluding hydrogens is 692 g/mol. The Morgan fingerprint density at radius 2 is 1.52 bits per heavy atom. The highest BCUT2D eigenvalue weighted by Gasteiger charge is 2.71. The summed E-state index contributed by atoms with van der Waals surface area (Å²) in [5, 5.41) is 64.6. The second kappa shape index (κ2) is 13.4. The first-order valence-electron chi connectivity index (χ1n) is 20.0. The number of allylic oxidation sites excluding steroid dienone is 2. The van der Waals surface area contributed by atoms with E-state index in [-0.39, 0.29) is 46.6 Å². The number of hydrogen-bond acceptors (Lipinski definition) is 10. The summed E-state index contributed by atoms with van der Waals surface area (Å²) in [4.78, 5) is 25.1. The van der Waals surface area contributed by atoms with E-state index in [1.165, 1.54) is 5.57 Å². The van der Waals surface area contributed by atoms with Gasteiger partial charge in [0.2, 0.25) is 0 Å². The molecule has 6 aliphatic rings. The van der Waals surface area contributed by atoms with Gasteiger partial charge in [-0.3, -0.25) is 0 Å². The number of carboxylic acid groups (broad SMARTS) is 1. The molecule has 1 heterocycles. The molecular formula is C43H62O11. The Labute approximate surface area is 319 Å². The number of carbonyl (C=O) groups excluding carboxylic acids is 1. The number of carboxylic acids is 1. The van der Waals surface area contributed by atoms with Gasteiger partial charge in [-0.2, -0.15) is 0 Å². The first-order valence-corrected chi connectivity index (χ1v) is 20.0. The predicted molar refractivity (Wildman–Crippen MR) is 198 cm³/mol. The van der Waals surface area contributed by atoms with Gasteiger partial charge >= 0.3 is 11.9 Å². The van der Waals surface area contributed by atoms with Crippen LogP contribution < -0.4 is 0 Å². The lowest BCUT2D eigenvalue weighted by atomic mass is 9.33. The van der Waals surface area contributed by atoms with Crippen LogP contribution in [-0.2, 0) is 19.0 Å².